The largest absolute Gasteiger partial charge is 0.454 e. The lowest BCUT2D eigenvalue weighted by molar-refractivity contribution is -0.116. The van der Waals surface area contributed by atoms with Crippen LogP contribution in [0.25, 0.3) is 0 Å². The molecule has 2 aliphatic heterocycles. The highest BCUT2D eigenvalue weighted by Gasteiger charge is 2.29. The molecule has 3 unspecified atom stereocenters. The first-order valence-corrected chi connectivity index (χ1v) is 16.3. The molecule has 3 N–H and O–H groups in total. The zero-order valence-electron chi connectivity index (χ0n) is 26.5. The Morgan fingerprint density at radius 3 is 2.60 bits per heavy atom. The van der Waals surface area contributed by atoms with Gasteiger partial charge in [0.2, 0.25) is 12.7 Å². The maximum absolute atomic E-state index is 15.1. The molecule has 9 nitrogen and oxygen atoms in total. The van der Waals surface area contributed by atoms with Gasteiger partial charge < -0.3 is 34.9 Å². The van der Waals surface area contributed by atoms with E-state index < -0.39 is 24.4 Å². The number of rotatable bonds is 14. The fourth-order valence-corrected chi connectivity index (χ4v) is 5.84. The summed E-state index contributed by atoms with van der Waals surface area (Å²) in [7, 11) is 0. The molecule has 0 bridgehead atoms. The second kappa shape index (κ2) is 16.4. The lowest BCUT2D eigenvalue weighted by atomic mass is 9.88. The van der Waals surface area contributed by atoms with Crippen molar-refractivity contribution in [1.82, 2.24) is 10.6 Å². The number of alkyl halides is 2. The standard InChI is InChI=1S/C35H39ClF3N3O6/c1-2-14-35(38,39)20-41-34(44)46-19-25-18-45-26(17-40-25)11-12-27-29(37)4-3-5-30(27)42-33(43)16-28(22-6-9-24(36)10-7-22)23-8-13-31-32(15-23)48-21-47-31/h3-10,13,15,25-26,28,40H,2,11-12,14,16-21H2,1H3,(H,41,44)(H,42,43). The third kappa shape index (κ3) is 9.77. The zero-order chi connectivity index (χ0) is 34.1. The highest BCUT2D eigenvalue weighted by Crippen LogP contribution is 2.38. The number of halogens is 4. The number of ether oxygens (including phenoxy) is 4. The van der Waals surface area contributed by atoms with Gasteiger partial charge in [0.05, 0.1) is 25.3 Å². The van der Waals surface area contributed by atoms with Crippen LogP contribution in [0.5, 0.6) is 11.5 Å². The Labute approximate surface area is 282 Å². The van der Waals surface area contributed by atoms with Gasteiger partial charge in [-0.05, 0) is 60.4 Å². The molecule has 3 atom stereocenters. The van der Waals surface area contributed by atoms with Crippen LogP contribution < -0.4 is 25.4 Å². The van der Waals surface area contributed by atoms with Gasteiger partial charge >= 0.3 is 6.09 Å². The number of alkyl carbamates (subject to hydrolysis) is 1. The fourth-order valence-electron chi connectivity index (χ4n) is 5.72. The summed E-state index contributed by atoms with van der Waals surface area (Å²) in [5.41, 5.74) is 2.48. The first-order valence-electron chi connectivity index (χ1n) is 16.0. The Bertz CT molecular complexity index is 1550. The maximum Gasteiger partial charge on any atom is 0.407 e. The lowest BCUT2D eigenvalue weighted by Gasteiger charge is -2.30. The molecule has 13 heteroatoms. The molecule has 0 aromatic heterocycles. The van der Waals surface area contributed by atoms with Crippen molar-refractivity contribution in [3.05, 3.63) is 88.2 Å². The van der Waals surface area contributed by atoms with Crippen molar-refractivity contribution in [2.45, 2.75) is 63.0 Å². The molecule has 2 heterocycles. The molecule has 3 aromatic carbocycles. The molecule has 0 radical (unpaired) electrons. The third-order valence-corrected chi connectivity index (χ3v) is 8.51. The van der Waals surface area contributed by atoms with Crippen molar-refractivity contribution in [3.8, 4) is 11.5 Å². The number of amides is 2. The number of carbonyl (C=O) groups excluding carboxylic acids is 2. The minimum atomic E-state index is -2.98. The van der Waals surface area contributed by atoms with Crippen LogP contribution in [-0.4, -0.2) is 63.2 Å². The van der Waals surface area contributed by atoms with E-state index in [4.69, 9.17) is 30.5 Å². The molecule has 2 amide bonds. The summed E-state index contributed by atoms with van der Waals surface area (Å²) in [5.74, 6) is -2.81. The minimum absolute atomic E-state index is 0.0509. The normalized spacial score (nSPS) is 17.9. The average Bonchev–Trinajstić information content (AvgIpc) is 3.54. The van der Waals surface area contributed by atoms with Crippen molar-refractivity contribution in [3.63, 3.8) is 0 Å². The van der Waals surface area contributed by atoms with Crippen molar-refractivity contribution in [2.24, 2.45) is 0 Å². The molecule has 3 aromatic rings. The smallest absolute Gasteiger partial charge is 0.407 e. The molecule has 48 heavy (non-hydrogen) atoms. The topological polar surface area (TPSA) is 107 Å². The van der Waals surface area contributed by atoms with Gasteiger partial charge in [0.15, 0.2) is 11.5 Å². The van der Waals surface area contributed by atoms with Crippen LogP contribution in [0, 0.1) is 5.82 Å². The summed E-state index contributed by atoms with van der Waals surface area (Å²) >= 11 is 6.13. The second-order valence-corrected chi connectivity index (χ2v) is 12.3. The molecule has 1 fully saturated rings. The van der Waals surface area contributed by atoms with Crippen molar-refractivity contribution < 1.29 is 41.7 Å². The molecule has 0 saturated carbocycles. The zero-order valence-corrected chi connectivity index (χ0v) is 27.3. The van der Waals surface area contributed by atoms with Crippen LogP contribution in [0.1, 0.15) is 55.2 Å². The monoisotopic (exact) mass is 689 g/mol. The third-order valence-electron chi connectivity index (χ3n) is 8.26. The molecule has 0 aliphatic carbocycles. The van der Waals surface area contributed by atoms with E-state index in [-0.39, 0.29) is 56.8 Å². The van der Waals surface area contributed by atoms with Crippen LogP contribution in [0.2, 0.25) is 5.02 Å². The van der Waals surface area contributed by atoms with E-state index in [2.05, 4.69) is 16.0 Å². The summed E-state index contributed by atoms with van der Waals surface area (Å²) in [5, 5.41) is 8.81. The molecule has 2 aliphatic rings. The molecular formula is C35H39ClF3N3O6. The Balaban J connectivity index is 1.14. The van der Waals surface area contributed by atoms with Crippen molar-refractivity contribution in [2.75, 3.05) is 38.4 Å². The Morgan fingerprint density at radius 1 is 1.08 bits per heavy atom. The number of fused-ring (bicyclic) bond motifs is 1. The van der Waals surface area contributed by atoms with Gasteiger partial charge in [-0.2, -0.15) is 0 Å². The van der Waals surface area contributed by atoms with Crippen LogP contribution in [0.4, 0.5) is 23.7 Å². The number of benzene rings is 3. The van der Waals surface area contributed by atoms with Crippen LogP contribution in [0.3, 0.4) is 0 Å². The summed E-state index contributed by atoms with van der Waals surface area (Å²) in [6.07, 6.45) is -0.355. The van der Waals surface area contributed by atoms with E-state index in [1.165, 1.54) is 6.07 Å². The highest BCUT2D eigenvalue weighted by atomic mass is 35.5. The average molecular weight is 690 g/mol. The second-order valence-electron chi connectivity index (χ2n) is 11.9. The van der Waals surface area contributed by atoms with Gasteiger partial charge in [-0.1, -0.05) is 49.2 Å². The van der Waals surface area contributed by atoms with Gasteiger partial charge in [-0.3, -0.25) is 4.79 Å². The predicted molar refractivity (Wildman–Crippen MR) is 175 cm³/mol. The molecule has 0 spiro atoms. The quantitative estimate of drug-likeness (QED) is 0.171. The fraction of sp³-hybridized carbons (Fsp3) is 0.429. The number of hydrogen-bond donors (Lipinski definition) is 3. The van der Waals surface area contributed by atoms with E-state index in [0.29, 0.717) is 53.6 Å². The Morgan fingerprint density at radius 2 is 1.85 bits per heavy atom. The number of carbonyl (C=O) groups is 2. The lowest BCUT2D eigenvalue weighted by Crippen LogP contribution is -2.49. The predicted octanol–water partition coefficient (Wildman–Crippen LogP) is 6.82. The van der Waals surface area contributed by atoms with Crippen molar-refractivity contribution in [1.29, 1.82) is 0 Å². The van der Waals surface area contributed by atoms with Gasteiger partial charge in [0.1, 0.15) is 12.4 Å². The first kappa shape index (κ1) is 35.3. The van der Waals surface area contributed by atoms with E-state index in [1.54, 1.807) is 31.2 Å². The van der Waals surface area contributed by atoms with Crippen LogP contribution >= 0.6 is 11.6 Å². The van der Waals surface area contributed by atoms with E-state index in [1.807, 2.05) is 30.3 Å². The van der Waals surface area contributed by atoms with E-state index >= 15 is 4.39 Å². The number of anilines is 1. The van der Waals surface area contributed by atoms with Crippen molar-refractivity contribution >= 4 is 29.3 Å². The SMILES string of the molecule is CCCC(F)(F)CNC(=O)OCC1COC(CCc2c(F)cccc2NC(=O)CC(c2ccc(Cl)cc2)c2ccc3c(c2)OCO3)CN1. The van der Waals surface area contributed by atoms with E-state index in [9.17, 15) is 18.4 Å². The molecule has 5 rings (SSSR count). The number of morpholine rings is 1. The summed E-state index contributed by atoms with van der Waals surface area (Å²) < 4.78 is 64.3. The Hall–Kier alpha value is -4.00. The first-order chi connectivity index (χ1) is 23.1. The summed E-state index contributed by atoms with van der Waals surface area (Å²) in [6.45, 7) is 1.58. The van der Waals surface area contributed by atoms with Crippen LogP contribution in [-0.2, 0) is 20.7 Å². The molecular weight excluding hydrogens is 651 g/mol. The Kier molecular flexibility index (Phi) is 12.1. The molecule has 1 saturated heterocycles. The van der Waals surface area contributed by atoms with Gasteiger partial charge in [-0.25, -0.2) is 18.0 Å². The minimum Gasteiger partial charge on any atom is -0.454 e. The summed E-state index contributed by atoms with van der Waals surface area (Å²) in [6, 6.07) is 17.1. The van der Waals surface area contributed by atoms with E-state index in [0.717, 1.165) is 11.1 Å². The highest BCUT2D eigenvalue weighted by molar-refractivity contribution is 6.30. The van der Waals surface area contributed by atoms with Gasteiger partial charge in [0.25, 0.3) is 5.92 Å². The molecule has 258 valence electrons. The number of nitrogens with one attached hydrogen (secondary N) is 3. The van der Waals surface area contributed by atoms with Crippen LogP contribution in [0.15, 0.2) is 60.7 Å². The van der Waals surface area contributed by atoms with Gasteiger partial charge in [-0.15, -0.1) is 0 Å². The number of hydrogen-bond acceptors (Lipinski definition) is 7. The summed E-state index contributed by atoms with van der Waals surface area (Å²) in [4.78, 5) is 25.3. The van der Waals surface area contributed by atoms with Gasteiger partial charge in [0, 0.05) is 41.6 Å². The maximum atomic E-state index is 15.1.